The smallest absolute Gasteiger partial charge is 0.311 e. The van der Waals surface area contributed by atoms with Crippen LogP contribution in [0.4, 0.5) is 0 Å². The van der Waals surface area contributed by atoms with Gasteiger partial charge >= 0.3 is 11.8 Å². The fourth-order valence-electron chi connectivity index (χ4n) is 3.08. The standard InChI is InChI=1S/C16H21N3O2/c20-15(16(21)19-9-7-17-8-10-19)18-14-6-5-12-3-1-2-4-13(12)11-14/h1-4,14,17H,5-11H2,(H,18,20). The van der Waals surface area contributed by atoms with E-state index in [1.807, 2.05) is 12.1 Å². The normalized spacial score (nSPS) is 21.5. The Bertz CT molecular complexity index is 538. The largest absolute Gasteiger partial charge is 0.345 e. The van der Waals surface area contributed by atoms with E-state index in [4.69, 9.17) is 0 Å². The highest BCUT2D eigenvalue weighted by molar-refractivity contribution is 6.35. The summed E-state index contributed by atoms with van der Waals surface area (Å²) >= 11 is 0. The van der Waals surface area contributed by atoms with Crippen LogP contribution in [0.3, 0.4) is 0 Å². The first-order valence-corrected chi connectivity index (χ1v) is 7.61. The second kappa shape index (κ2) is 6.26. The van der Waals surface area contributed by atoms with Crippen LogP contribution in [-0.4, -0.2) is 48.9 Å². The number of carbonyl (C=O) groups excluding carboxylic acids is 2. The van der Waals surface area contributed by atoms with Gasteiger partial charge in [0.1, 0.15) is 0 Å². The highest BCUT2D eigenvalue weighted by Gasteiger charge is 2.26. The molecule has 0 saturated carbocycles. The summed E-state index contributed by atoms with van der Waals surface area (Å²) in [5.74, 6) is -0.850. The molecule has 1 aliphatic carbocycles. The molecule has 1 atom stereocenters. The number of nitrogens with zero attached hydrogens (tertiary/aromatic N) is 1. The molecular weight excluding hydrogens is 266 g/mol. The molecule has 21 heavy (non-hydrogen) atoms. The molecule has 1 heterocycles. The van der Waals surface area contributed by atoms with Gasteiger partial charge in [0.15, 0.2) is 0 Å². The molecule has 1 aliphatic heterocycles. The van der Waals surface area contributed by atoms with Crippen molar-refractivity contribution < 1.29 is 9.59 Å². The maximum Gasteiger partial charge on any atom is 0.311 e. The summed E-state index contributed by atoms with van der Waals surface area (Å²) in [4.78, 5) is 25.8. The Morgan fingerprint density at radius 3 is 2.62 bits per heavy atom. The number of rotatable bonds is 1. The minimum atomic E-state index is -0.457. The molecule has 0 aromatic heterocycles. The predicted octanol–water partition coefficient (Wildman–Crippen LogP) is 0.0919. The fraction of sp³-hybridized carbons (Fsp3) is 0.500. The summed E-state index contributed by atoms with van der Waals surface area (Å²) in [7, 11) is 0. The Morgan fingerprint density at radius 2 is 1.86 bits per heavy atom. The van der Waals surface area contributed by atoms with Crippen molar-refractivity contribution in [1.29, 1.82) is 0 Å². The molecule has 5 nitrogen and oxygen atoms in total. The highest BCUT2D eigenvalue weighted by Crippen LogP contribution is 2.20. The lowest BCUT2D eigenvalue weighted by molar-refractivity contribution is -0.146. The molecule has 0 radical (unpaired) electrons. The third-order valence-electron chi connectivity index (χ3n) is 4.28. The van der Waals surface area contributed by atoms with Crippen LogP contribution in [0.2, 0.25) is 0 Å². The van der Waals surface area contributed by atoms with E-state index in [1.165, 1.54) is 11.1 Å². The van der Waals surface area contributed by atoms with E-state index in [9.17, 15) is 9.59 Å². The minimum absolute atomic E-state index is 0.0688. The molecule has 1 saturated heterocycles. The lowest BCUT2D eigenvalue weighted by Gasteiger charge is -2.29. The number of nitrogens with one attached hydrogen (secondary N) is 2. The number of carbonyl (C=O) groups is 2. The summed E-state index contributed by atoms with van der Waals surface area (Å²) < 4.78 is 0. The average molecular weight is 287 g/mol. The van der Waals surface area contributed by atoms with Gasteiger partial charge in [0.05, 0.1) is 0 Å². The molecule has 1 aromatic rings. The van der Waals surface area contributed by atoms with Gasteiger partial charge in [-0.15, -0.1) is 0 Å². The van der Waals surface area contributed by atoms with E-state index in [2.05, 4.69) is 22.8 Å². The van der Waals surface area contributed by atoms with Crippen LogP contribution in [0.5, 0.6) is 0 Å². The second-order valence-corrected chi connectivity index (χ2v) is 5.72. The SMILES string of the molecule is O=C(NC1CCc2ccccc2C1)C(=O)N1CCNCC1. The van der Waals surface area contributed by atoms with Gasteiger partial charge in [-0.05, 0) is 30.4 Å². The summed E-state index contributed by atoms with van der Waals surface area (Å²) in [5.41, 5.74) is 2.64. The summed E-state index contributed by atoms with van der Waals surface area (Å²) in [6.07, 6.45) is 2.68. The first kappa shape index (κ1) is 14.1. The van der Waals surface area contributed by atoms with Gasteiger partial charge in [-0.25, -0.2) is 0 Å². The van der Waals surface area contributed by atoms with E-state index < -0.39 is 11.8 Å². The molecule has 1 aromatic carbocycles. The number of fused-ring (bicyclic) bond motifs is 1. The zero-order valence-electron chi connectivity index (χ0n) is 12.1. The number of benzene rings is 1. The Kier molecular flexibility index (Phi) is 4.20. The zero-order chi connectivity index (χ0) is 14.7. The van der Waals surface area contributed by atoms with E-state index in [-0.39, 0.29) is 6.04 Å². The molecule has 112 valence electrons. The van der Waals surface area contributed by atoms with Crippen LogP contribution in [0.25, 0.3) is 0 Å². The maximum atomic E-state index is 12.1. The van der Waals surface area contributed by atoms with Crippen LogP contribution in [0, 0.1) is 0 Å². The molecule has 2 amide bonds. The van der Waals surface area contributed by atoms with E-state index in [1.54, 1.807) is 4.90 Å². The summed E-state index contributed by atoms with van der Waals surface area (Å²) in [6.45, 7) is 2.74. The van der Waals surface area contributed by atoms with Crippen LogP contribution in [-0.2, 0) is 22.4 Å². The molecule has 0 bridgehead atoms. The van der Waals surface area contributed by atoms with Crippen molar-refractivity contribution in [3.8, 4) is 0 Å². The summed E-state index contributed by atoms with van der Waals surface area (Å²) in [5, 5.41) is 6.08. The number of hydrogen-bond acceptors (Lipinski definition) is 3. The number of hydrogen-bond donors (Lipinski definition) is 2. The molecule has 2 N–H and O–H groups in total. The first-order valence-electron chi connectivity index (χ1n) is 7.61. The van der Waals surface area contributed by atoms with Gasteiger partial charge in [-0.2, -0.15) is 0 Å². The van der Waals surface area contributed by atoms with Gasteiger partial charge in [-0.3, -0.25) is 9.59 Å². The maximum absolute atomic E-state index is 12.1. The quantitative estimate of drug-likeness (QED) is 0.720. The first-order chi connectivity index (χ1) is 10.2. The average Bonchev–Trinajstić information content (AvgIpc) is 2.55. The van der Waals surface area contributed by atoms with Crippen molar-refractivity contribution >= 4 is 11.8 Å². The third-order valence-corrected chi connectivity index (χ3v) is 4.28. The number of amides is 2. The van der Waals surface area contributed by atoms with Gasteiger partial charge in [-0.1, -0.05) is 24.3 Å². The molecule has 5 heteroatoms. The molecule has 1 fully saturated rings. The molecule has 2 aliphatic rings. The number of piperazine rings is 1. The van der Waals surface area contributed by atoms with E-state index in [0.717, 1.165) is 32.4 Å². The Hall–Kier alpha value is -1.88. The van der Waals surface area contributed by atoms with Crippen LogP contribution in [0.1, 0.15) is 17.5 Å². The minimum Gasteiger partial charge on any atom is -0.345 e. The van der Waals surface area contributed by atoms with Gasteiger partial charge in [0.2, 0.25) is 0 Å². The second-order valence-electron chi connectivity index (χ2n) is 5.72. The van der Waals surface area contributed by atoms with Crippen molar-refractivity contribution in [2.75, 3.05) is 26.2 Å². The topological polar surface area (TPSA) is 61.4 Å². The van der Waals surface area contributed by atoms with Gasteiger partial charge in [0.25, 0.3) is 0 Å². The Labute approximate surface area is 124 Å². The Balaban J connectivity index is 1.57. The van der Waals surface area contributed by atoms with Crippen LogP contribution >= 0.6 is 0 Å². The fourth-order valence-corrected chi connectivity index (χ4v) is 3.08. The molecule has 3 rings (SSSR count). The van der Waals surface area contributed by atoms with Crippen molar-refractivity contribution in [3.05, 3.63) is 35.4 Å². The van der Waals surface area contributed by atoms with Gasteiger partial charge in [0, 0.05) is 32.2 Å². The molecule has 1 unspecified atom stereocenters. The van der Waals surface area contributed by atoms with Crippen molar-refractivity contribution in [3.63, 3.8) is 0 Å². The molecular formula is C16H21N3O2. The van der Waals surface area contributed by atoms with Crippen molar-refractivity contribution in [2.45, 2.75) is 25.3 Å². The summed E-state index contributed by atoms with van der Waals surface area (Å²) in [6, 6.07) is 8.38. The van der Waals surface area contributed by atoms with Crippen molar-refractivity contribution in [1.82, 2.24) is 15.5 Å². The van der Waals surface area contributed by atoms with Crippen LogP contribution in [0.15, 0.2) is 24.3 Å². The lowest BCUT2D eigenvalue weighted by atomic mass is 9.88. The predicted molar refractivity (Wildman–Crippen MR) is 79.8 cm³/mol. The lowest BCUT2D eigenvalue weighted by Crippen LogP contribution is -2.53. The zero-order valence-corrected chi connectivity index (χ0v) is 12.1. The Morgan fingerprint density at radius 1 is 1.14 bits per heavy atom. The van der Waals surface area contributed by atoms with Gasteiger partial charge < -0.3 is 15.5 Å². The molecule has 0 spiro atoms. The van der Waals surface area contributed by atoms with Crippen molar-refractivity contribution in [2.24, 2.45) is 0 Å². The van der Waals surface area contributed by atoms with E-state index in [0.29, 0.717) is 13.1 Å². The number of aryl methyl sites for hydroxylation is 1. The monoisotopic (exact) mass is 287 g/mol. The van der Waals surface area contributed by atoms with Crippen LogP contribution < -0.4 is 10.6 Å². The highest BCUT2D eigenvalue weighted by atomic mass is 16.2. The third kappa shape index (κ3) is 3.24. The van der Waals surface area contributed by atoms with E-state index >= 15 is 0 Å².